The van der Waals surface area contributed by atoms with Crippen molar-refractivity contribution in [2.45, 2.75) is 24.9 Å². The monoisotopic (exact) mass is 489 g/mol. The number of para-hydroxylation sites is 1. The predicted molar refractivity (Wildman–Crippen MR) is 118 cm³/mol. The van der Waals surface area contributed by atoms with E-state index in [1.54, 1.807) is 29.4 Å². The van der Waals surface area contributed by atoms with E-state index < -0.39 is 17.8 Å². The molecule has 34 heavy (non-hydrogen) atoms. The molecule has 0 unspecified atom stereocenters. The Bertz CT molecular complexity index is 1300. The molecular formula is C23H19ClF3N5O2. The summed E-state index contributed by atoms with van der Waals surface area (Å²) in [6, 6.07) is 12.6. The molecule has 1 fully saturated rings. The molecule has 3 aromatic heterocycles. The van der Waals surface area contributed by atoms with Crippen LogP contribution in [0.4, 0.5) is 13.2 Å². The van der Waals surface area contributed by atoms with Crippen LogP contribution in [0, 0.1) is 0 Å². The number of H-pyrrole nitrogens is 1. The summed E-state index contributed by atoms with van der Waals surface area (Å²) in [6.07, 6.45) is -1.85. The number of piperidine rings is 1. The Kier molecular flexibility index (Phi) is 5.68. The van der Waals surface area contributed by atoms with Crippen molar-refractivity contribution in [1.82, 2.24) is 24.9 Å². The zero-order chi connectivity index (χ0) is 23.9. The largest absolute Gasteiger partial charge is 0.463 e. The van der Waals surface area contributed by atoms with Gasteiger partial charge >= 0.3 is 6.18 Å². The van der Waals surface area contributed by atoms with Crippen LogP contribution >= 0.6 is 11.6 Å². The topological polar surface area (TPSA) is 79.9 Å². The van der Waals surface area contributed by atoms with Crippen molar-refractivity contribution in [3.8, 4) is 17.1 Å². The number of benzene rings is 1. The Hall–Kier alpha value is -3.53. The van der Waals surface area contributed by atoms with Crippen molar-refractivity contribution in [2.24, 2.45) is 0 Å². The third-order valence-electron chi connectivity index (χ3n) is 5.89. The number of nitrogens with zero attached hydrogens (tertiary/aromatic N) is 4. The van der Waals surface area contributed by atoms with Gasteiger partial charge < -0.3 is 9.32 Å². The number of alkyl halides is 3. The number of aromatic nitrogens is 4. The predicted octanol–water partition coefficient (Wildman–Crippen LogP) is 5.55. The van der Waals surface area contributed by atoms with Crippen LogP contribution in [0.3, 0.4) is 0 Å². The van der Waals surface area contributed by atoms with Gasteiger partial charge in [0.05, 0.1) is 17.0 Å². The van der Waals surface area contributed by atoms with Crippen molar-refractivity contribution in [3.05, 3.63) is 76.9 Å². The molecule has 1 aliphatic rings. The van der Waals surface area contributed by atoms with Crippen LogP contribution < -0.4 is 0 Å². The maximum absolute atomic E-state index is 13.4. The molecular weight excluding hydrogens is 471 g/mol. The fourth-order valence-corrected chi connectivity index (χ4v) is 4.35. The molecule has 1 N–H and O–H groups in total. The zero-order valence-electron chi connectivity index (χ0n) is 17.7. The number of nitrogens with one attached hydrogen (secondary N) is 1. The van der Waals surface area contributed by atoms with Gasteiger partial charge in [-0.1, -0.05) is 23.7 Å². The molecule has 1 amide bonds. The van der Waals surface area contributed by atoms with Crippen LogP contribution in [0.1, 0.15) is 40.6 Å². The number of carbonyl (C=O) groups excluding carboxylic acids is 1. The standard InChI is InChI=1S/C23H19ClF3N5O2/c24-15-4-1-2-5-18(15)32-19(13-21(30-32)23(25,26)27)22(33)31-9-7-14(8-10-31)16-12-17(29-28-16)20-6-3-11-34-20/h1-6,11-14H,7-10H2,(H,28,29). The van der Waals surface area contributed by atoms with Gasteiger partial charge in [-0.2, -0.15) is 23.4 Å². The van der Waals surface area contributed by atoms with E-state index in [2.05, 4.69) is 15.3 Å². The molecule has 5 rings (SSSR count). The lowest BCUT2D eigenvalue weighted by Crippen LogP contribution is -2.38. The second-order valence-electron chi connectivity index (χ2n) is 8.03. The molecule has 4 aromatic rings. The average Bonchev–Trinajstić information content (AvgIpc) is 3.59. The Labute approximate surface area is 197 Å². The number of halogens is 4. The fourth-order valence-electron chi connectivity index (χ4n) is 4.13. The van der Waals surface area contributed by atoms with Crippen LogP contribution in [0.2, 0.25) is 5.02 Å². The molecule has 4 heterocycles. The summed E-state index contributed by atoms with van der Waals surface area (Å²) in [5.41, 5.74) is 0.510. The fraction of sp³-hybridized carbons (Fsp3) is 0.261. The van der Waals surface area contributed by atoms with E-state index in [-0.39, 0.29) is 22.3 Å². The molecule has 176 valence electrons. The van der Waals surface area contributed by atoms with Gasteiger partial charge in [-0.3, -0.25) is 9.89 Å². The Morgan fingerprint density at radius 1 is 1.12 bits per heavy atom. The summed E-state index contributed by atoms with van der Waals surface area (Å²) in [4.78, 5) is 14.8. The molecule has 0 spiro atoms. The van der Waals surface area contributed by atoms with Gasteiger partial charge in [-0.25, -0.2) is 4.68 Å². The van der Waals surface area contributed by atoms with E-state index in [1.165, 1.54) is 12.1 Å². The van der Waals surface area contributed by atoms with Crippen molar-refractivity contribution in [1.29, 1.82) is 0 Å². The van der Waals surface area contributed by atoms with Gasteiger partial charge in [0.1, 0.15) is 11.4 Å². The highest BCUT2D eigenvalue weighted by Crippen LogP contribution is 2.33. The summed E-state index contributed by atoms with van der Waals surface area (Å²) in [7, 11) is 0. The minimum Gasteiger partial charge on any atom is -0.463 e. The molecule has 0 bridgehead atoms. The highest BCUT2D eigenvalue weighted by molar-refractivity contribution is 6.32. The molecule has 0 saturated carbocycles. The van der Waals surface area contributed by atoms with Crippen molar-refractivity contribution in [2.75, 3.05) is 13.1 Å². The first-order chi connectivity index (χ1) is 16.3. The Morgan fingerprint density at radius 2 is 1.88 bits per heavy atom. The number of furan rings is 1. The average molecular weight is 490 g/mol. The molecule has 1 saturated heterocycles. The van der Waals surface area contributed by atoms with E-state index in [0.29, 0.717) is 37.4 Å². The van der Waals surface area contributed by atoms with Crippen LogP contribution in [0.5, 0.6) is 0 Å². The van der Waals surface area contributed by atoms with Crippen LogP contribution in [0.25, 0.3) is 17.1 Å². The zero-order valence-corrected chi connectivity index (χ0v) is 18.5. The van der Waals surface area contributed by atoms with Gasteiger partial charge in [0.2, 0.25) is 0 Å². The number of carbonyl (C=O) groups is 1. The van der Waals surface area contributed by atoms with Crippen LogP contribution in [-0.4, -0.2) is 43.9 Å². The first-order valence-corrected chi connectivity index (χ1v) is 11.0. The molecule has 0 aliphatic carbocycles. The molecule has 0 atom stereocenters. The Morgan fingerprint density at radius 3 is 2.56 bits per heavy atom. The van der Waals surface area contributed by atoms with E-state index >= 15 is 0 Å². The van der Waals surface area contributed by atoms with Crippen LogP contribution in [-0.2, 0) is 6.18 Å². The van der Waals surface area contributed by atoms with Crippen molar-refractivity contribution < 1.29 is 22.4 Å². The summed E-state index contributed by atoms with van der Waals surface area (Å²) in [5, 5.41) is 11.2. The number of hydrogen-bond donors (Lipinski definition) is 1. The number of likely N-dealkylation sites (tertiary alicyclic amines) is 1. The normalized spacial score (nSPS) is 15.1. The molecule has 7 nitrogen and oxygen atoms in total. The maximum Gasteiger partial charge on any atom is 0.435 e. The van der Waals surface area contributed by atoms with Gasteiger partial charge in [0.25, 0.3) is 5.91 Å². The summed E-state index contributed by atoms with van der Waals surface area (Å²) in [6.45, 7) is 0.765. The van der Waals surface area contributed by atoms with E-state index in [9.17, 15) is 18.0 Å². The number of aromatic amines is 1. The minimum atomic E-state index is -4.69. The first-order valence-electron chi connectivity index (χ1n) is 10.6. The van der Waals surface area contributed by atoms with Gasteiger partial charge in [-0.15, -0.1) is 0 Å². The van der Waals surface area contributed by atoms with Gasteiger partial charge in [0, 0.05) is 30.8 Å². The first kappa shape index (κ1) is 22.3. The highest BCUT2D eigenvalue weighted by atomic mass is 35.5. The lowest BCUT2D eigenvalue weighted by Gasteiger charge is -2.31. The van der Waals surface area contributed by atoms with Crippen LogP contribution in [0.15, 0.2) is 59.2 Å². The molecule has 1 aromatic carbocycles. The second kappa shape index (κ2) is 8.68. The lowest BCUT2D eigenvalue weighted by atomic mass is 9.93. The SMILES string of the molecule is O=C(c1cc(C(F)(F)F)nn1-c1ccccc1Cl)N1CCC(c2cc(-c3ccco3)n[nH]2)CC1. The van der Waals surface area contributed by atoms with E-state index in [4.69, 9.17) is 16.0 Å². The smallest absolute Gasteiger partial charge is 0.435 e. The highest BCUT2D eigenvalue weighted by Gasteiger charge is 2.37. The number of rotatable bonds is 4. The van der Waals surface area contributed by atoms with Crippen molar-refractivity contribution >= 4 is 17.5 Å². The quantitative estimate of drug-likeness (QED) is 0.408. The third kappa shape index (κ3) is 4.21. The molecule has 1 aliphatic heterocycles. The second-order valence-corrected chi connectivity index (χ2v) is 8.44. The maximum atomic E-state index is 13.4. The summed E-state index contributed by atoms with van der Waals surface area (Å²) < 4.78 is 46.5. The summed E-state index contributed by atoms with van der Waals surface area (Å²) >= 11 is 6.19. The number of amides is 1. The van der Waals surface area contributed by atoms with E-state index in [0.717, 1.165) is 16.4 Å². The number of hydrogen-bond acceptors (Lipinski definition) is 4. The van der Waals surface area contributed by atoms with Gasteiger partial charge in [0.15, 0.2) is 11.5 Å². The van der Waals surface area contributed by atoms with Gasteiger partial charge in [-0.05, 0) is 43.2 Å². The third-order valence-corrected chi connectivity index (χ3v) is 6.21. The summed E-state index contributed by atoms with van der Waals surface area (Å²) in [5.74, 6) is 0.269. The lowest BCUT2D eigenvalue weighted by molar-refractivity contribution is -0.141. The van der Waals surface area contributed by atoms with E-state index in [1.807, 2.05) is 12.1 Å². The molecule has 0 radical (unpaired) electrons. The Balaban J connectivity index is 1.36. The molecule has 11 heteroatoms. The minimum absolute atomic E-state index is 0.138. The van der Waals surface area contributed by atoms with Crippen molar-refractivity contribution in [3.63, 3.8) is 0 Å².